The van der Waals surface area contributed by atoms with Gasteiger partial charge in [-0.15, -0.1) is 0 Å². The Bertz CT molecular complexity index is 581. The molecule has 92 valence electrons. The first kappa shape index (κ1) is 12.8. The van der Waals surface area contributed by atoms with Crippen LogP contribution in [-0.2, 0) is 9.59 Å². The van der Waals surface area contributed by atoms with Crippen LogP contribution in [0.25, 0.3) is 0 Å². The number of carbonyl (C=O) groups is 3. The average molecular weight is 284 g/mol. The number of hydrogen-bond donors (Lipinski definition) is 1. The Morgan fingerprint density at radius 2 is 1.94 bits per heavy atom. The van der Waals surface area contributed by atoms with E-state index < -0.39 is 23.4 Å². The van der Waals surface area contributed by atoms with Gasteiger partial charge >= 0.3 is 0 Å². The maximum atomic E-state index is 12.1. The Morgan fingerprint density at radius 1 is 1.22 bits per heavy atom. The van der Waals surface area contributed by atoms with E-state index in [2.05, 4.69) is 5.32 Å². The van der Waals surface area contributed by atoms with Crippen LogP contribution in [0, 0.1) is 5.92 Å². The highest BCUT2D eigenvalue weighted by Crippen LogP contribution is 2.24. The van der Waals surface area contributed by atoms with Gasteiger partial charge in [-0.2, -0.15) is 0 Å². The van der Waals surface area contributed by atoms with Crippen LogP contribution in [-0.4, -0.2) is 17.5 Å². The molecule has 0 radical (unpaired) electrons. The number of ketones is 2. The number of hydrogen-bond acceptors (Lipinski definition) is 3. The van der Waals surface area contributed by atoms with Gasteiger partial charge in [-0.3, -0.25) is 14.4 Å². The summed E-state index contributed by atoms with van der Waals surface area (Å²) in [5.74, 6) is -3.23. The maximum absolute atomic E-state index is 12.1. The number of nitrogens with one attached hydrogen (secondary N) is 1. The van der Waals surface area contributed by atoms with E-state index in [9.17, 15) is 14.4 Å². The second-order valence-corrected chi connectivity index (χ2v) is 4.51. The molecule has 4 nitrogen and oxygen atoms in total. The monoisotopic (exact) mass is 283 g/mol. The van der Waals surface area contributed by atoms with Crippen LogP contribution in [0.3, 0.4) is 0 Å². The van der Waals surface area contributed by atoms with Crippen molar-refractivity contribution in [3.8, 4) is 0 Å². The number of benzene rings is 1. The van der Waals surface area contributed by atoms with E-state index in [0.29, 0.717) is 5.02 Å². The summed E-state index contributed by atoms with van der Waals surface area (Å²) in [4.78, 5) is 35.2. The highest BCUT2D eigenvalue weighted by Gasteiger charge is 2.35. The Labute approximate surface area is 113 Å². The molecule has 0 bridgehead atoms. The van der Waals surface area contributed by atoms with E-state index in [0.717, 1.165) is 6.08 Å². The summed E-state index contributed by atoms with van der Waals surface area (Å²) in [6, 6.07) is 4.25. The first-order chi connectivity index (χ1) is 8.50. The first-order valence-corrected chi connectivity index (χ1v) is 5.76. The Morgan fingerprint density at radius 3 is 2.56 bits per heavy atom. The predicted molar refractivity (Wildman–Crippen MR) is 66.6 cm³/mol. The van der Waals surface area contributed by atoms with Gasteiger partial charge in [0.15, 0.2) is 17.5 Å². The molecule has 1 heterocycles. The van der Waals surface area contributed by atoms with Crippen molar-refractivity contribution in [2.75, 3.05) is 0 Å². The maximum Gasteiger partial charge on any atom is 0.242 e. The molecular formula is C12H7Cl2NO3. The van der Waals surface area contributed by atoms with Crippen LogP contribution < -0.4 is 5.32 Å². The van der Waals surface area contributed by atoms with Crippen molar-refractivity contribution in [1.29, 1.82) is 0 Å². The van der Waals surface area contributed by atoms with E-state index in [4.69, 9.17) is 23.2 Å². The van der Waals surface area contributed by atoms with Crippen molar-refractivity contribution in [2.24, 2.45) is 5.92 Å². The van der Waals surface area contributed by atoms with Crippen LogP contribution in [0.5, 0.6) is 0 Å². The number of halogens is 2. The van der Waals surface area contributed by atoms with Crippen molar-refractivity contribution in [3.05, 3.63) is 46.1 Å². The van der Waals surface area contributed by atoms with Gasteiger partial charge in [0.2, 0.25) is 5.91 Å². The van der Waals surface area contributed by atoms with E-state index >= 15 is 0 Å². The third-order valence-electron chi connectivity index (χ3n) is 2.48. The molecule has 0 spiro atoms. The summed E-state index contributed by atoms with van der Waals surface area (Å²) >= 11 is 11.6. The molecule has 0 saturated heterocycles. The normalized spacial score (nSPS) is 18.7. The molecule has 2 rings (SSSR count). The van der Waals surface area contributed by atoms with Crippen molar-refractivity contribution in [2.45, 2.75) is 0 Å². The van der Waals surface area contributed by atoms with Gasteiger partial charge < -0.3 is 5.32 Å². The van der Waals surface area contributed by atoms with Crippen LogP contribution in [0.1, 0.15) is 10.4 Å². The smallest absolute Gasteiger partial charge is 0.242 e. The number of amides is 1. The van der Waals surface area contributed by atoms with E-state index in [1.807, 2.05) is 0 Å². The van der Waals surface area contributed by atoms with Crippen LogP contribution in [0.4, 0.5) is 0 Å². The molecular weight excluding hydrogens is 277 g/mol. The van der Waals surface area contributed by atoms with Gasteiger partial charge in [0.05, 0.1) is 5.02 Å². The second kappa shape index (κ2) is 4.92. The fraction of sp³-hybridized carbons (Fsp3) is 0.0833. The zero-order valence-corrected chi connectivity index (χ0v) is 10.5. The average Bonchev–Trinajstić information content (AvgIpc) is 2.28. The molecule has 1 unspecified atom stereocenters. The lowest BCUT2D eigenvalue weighted by Crippen LogP contribution is -2.40. The number of rotatable bonds is 2. The summed E-state index contributed by atoms with van der Waals surface area (Å²) in [7, 11) is 0. The molecule has 0 aliphatic carbocycles. The van der Waals surface area contributed by atoms with Gasteiger partial charge in [-0.1, -0.05) is 23.2 Å². The molecule has 1 aliphatic rings. The van der Waals surface area contributed by atoms with Gasteiger partial charge in [-0.25, -0.2) is 0 Å². The van der Waals surface area contributed by atoms with Crippen molar-refractivity contribution < 1.29 is 14.4 Å². The summed E-state index contributed by atoms with van der Waals surface area (Å²) in [5.41, 5.74) is 0.102. The first-order valence-electron chi connectivity index (χ1n) is 5.01. The summed E-state index contributed by atoms with van der Waals surface area (Å²) in [6.07, 6.45) is 2.35. The molecule has 6 heteroatoms. The minimum atomic E-state index is -1.38. The lowest BCUT2D eigenvalue weighted by Gasteiger charge is -2.15. The largest absolute Gasteiger partial charge is 0.332 e. The van der Waals surface area contributed by atoms with Gasteiger partial charge in [0.25, 0.3) is 0 Å². The Kier molecular flexibility index (Phi) is 3.50. The zero-order chi connectivity index (χ0) is 13.3. The minimum absolute atomic E-state index is 0.102. The van der Waals surface area contributed by atoms with Crippen molar-refractivity contribution in [1.82, 2.24) is 5.32 Å². The van der Waals surface area contributed by atoms with Gasteiger partial charge in [-0.05, 0) is 24.3 Å². The van der Waals surface area contributed by atoms with E-state index in [1.165, 1.54) is 24.4 Å². The molecule has 1 aliphatic heterocycles. The molecule has 1 N–H and O–H groups in total. The SMILES string of the molecule is O=C1C=CNC(=O)C1C(=O)c1ccc(Cl)cc1Cl. The van der Waals surface area contributed by atoms with Gasteiger partial charge in [0.1, 0.15) is 0 Å². The van der Waals surface area contributed by atoms with Gasteiger partial charge in [0, 0.05) is 16.8 Å². The van der Waals surface area contributed by atoms with E-state index in [-0.39, 0.29) is 10.6 Å². The summed E-state index contributed by atoms with van der Waals surface area (Å²) in [5, 5.41) is 2.80. The fourth-order valence-corrected chi connectivity index (χ4v) is 2.11. The highest BCUT2D eigenvalue weighted by molar-refractivity contribution is 6.38. The molecule has 0 fully saturated rings. The quantitative estimate of drug-likeness (QED) is 0.667. The molecule has 0 saturated carbocycles. The molecule has 18 heavy (non-hydrogen) atoms. The topological polar surface area (TPSA) is 63.2 Å². The summed E-state index contributed by atoms with van der Waals surface area (Å²) < 4.78 is 0. The fourth-order valence-electron chi connectivity index (χ4n) is 1.61. The standard InChI is InChI=1S/C12H7Cl2NO3/c13-6-1-2-7(8(14)5-6)11(17)10-9(16)3-4-15-12(10)18/h1-5,10H,(H,15,18). The van der Waals surface area contributed by atoms with Crippen molar-refractivity contribution >= 4 is 40.7 Å². The Balaban J connectivity index is 2.39. The molecule has 1 aromatic rings. The highest BCUT2D eigenvalue weighted by atomic mass is 35.5. The Hall–Kier alpha value is -1.65. The molecule has 0 aromatic heterocycles. The lowest BCUT2D eigenvalue weighted by atomic mass is 9.91. The minimum Gasteiger partial charge on any atom is -0.332 e. The predicted octanol–water partition coefficient (Wildman–Crippen LogP) is 2.00. The second-order valence-electron chi connectivity index (χ2n) is 3.67. The third-order valence-corrected chi connectivity index (χ3v) is 3.03. The molecule has 1 aromatic carbocycles. The zero-order valence-electron chi connectivity index (χ0n) is 8.94. The van der Waals surface area contributed by atoms with E-state index in [1.54, 1.807) is 0 Å². The lowest BCUT2D eigenvalue weighted by molar-refractivity contribution is -0.129. The molecule has 1 atom stereocenters. The van der Waals surface area contributed by atoms with Crippen molar-refractivity contribution in [3.63, 3.8) is 0 Å². The number of Topliss-reactive ketones (excluding diaryl/α,β-unsaturated/α-hetero) is 1. The summed E-state index contributed by atoms with van der Waals surface area (Å²) in [6.45, 7) is 0. The number of allylic oxidation sites excluding steroid dienone is 1. The van der Waals surface area contributed by atoms with Crippen LogP contribution >= 0.6 is 23.2 Å². The molecule has 1 amide bonds. The van der Waals surface area contributed by atoms with Crippen LogP contribution in [0.15, 0.2) is 30.5 Å². The van der Waals surface area contributed by atoms with Crippen LogP contribution in [0.2, 0.25) is 10.0 Å². The third kappa shape index (κ3) is 2.30. The number of carbonyl (C=O) groups excluding carboxylic acids is 3.